The number of benzene rings is 7. The zero-order chi connectivity index (χ0) is 30.5. The fraction of sp³-hybridized carbons (Fsp3) is 0.116. The van der Waals surface area contributed by atoms with Crippen LogP contribution in [0.2, 0.25) is 0 Å². The Labute approximate surface area is 256 Å². The van der Waals surface area contributed by atoms with Crippen molar-refractivity contribution in [3.05, 3.63) is 145 Å². The number of fused-ring (bicyclic) bond motifs is 6. The highest BCUT2D eigenvalue weighted by Crippen LogP contribution is 2.42. The highest BCUT2D eigenvalue weighted by atomic mass is 14.2. The fourth-order valence-electron chi connectivity index (χ4n) is 6.05. The first-order valence-corrected chi connectivity index (χ1v) is 15.4. The summed E-state index contributed by atoms with van der Waals surface area (Å²) >= 11 is 0. The van der Waals surface area contributed by atoms with Gasteiger partial charge in [0.15, 0.2) is 0 Å². The third-order valence-electron chi connectivity index (χ3n) is 8.03. The summed E-state index contributed by atoms with van der Waals surface area (Å²) in [6, 6.07) is 42.4. The molecule has 0 aromatic heterocycles. The number of rotatable bonds is 4. The first-order valence-electron chi connectivity index (χ1n) is 15.4. The van der Waals surface area contributed by atoms with Crippen LogP contribution in [0, 0.1) is 6.92 Å². The Balaban J connectivity index is 0.000000885. The highest BCUT2D eigenvalue weighted by molar-refractivity contribution is 6.24. The van der Waals surface area contributed by atoms with E-state index in [0.717, 1.165) is 11.1 Å². The van der Waals surface area contributed by atoms with Crippen molar-refractivity contribution in [2.45, 2.75) is 34.6 Å². The van der Waals surface area contributed by atoms with Gasteiger partial charge >= 0.3 is 0 Å². The van der Waals surface area contributed by atoms with Gasteiger partial charge in [0, 0.05) is 0 Å². The molecular formula is C43H40. The van der Waals surface area contributed by atoms with Crippen molar-refractivity contribution in [3.63, 3.8) is 0 Å². The Morgan fingerprint density at radius 3 is 1.67 bits per heavy atom. The Morgan fingerprint density at radius 2 is 0.977 bits per heavy atom. The number of hydrogen-bond donors (Lipinski definition) is 0. The van der Waals surface area contributed by atoms with E-state index in [4.69, 9.17) is 0 Å². The molecule has 0 fully saturated rings. The summed E-state index contributed by atoms with van der Waals surface area (Å²) in [5.74, 6) is 0. The van der Waals surface area contributed by atoms with E-state index in [2.05, 4.69) is 135 Å². The number of aryl methyl sites for hydroxylation is 1. The normalized spacial score (nSPS) is 10.6. The maximum Gasteiger partial charge on any atom is -0.00923 e. The molecule has 0 atom stereocenters. The van der Waals surface area contributed by atoms with E-state index in [1.165, 1.54) is 70.9 Å². The van der Waals surface area contributed by atoms with E-state index in [-0.39, 0.29) is 0 Å². The second-order valence-corrected chi connectivity index (χ2v) is 10.4. The standard InChI is InChI=1S/C39H28.2C2H6/c1-4-26-15-17-30(21-27(26)5-2)36-24-38-33-13-9-8-12-32(33)35(23-39(38)34-19-14-25(3)20-37(34)36)31-18-16-28-10-6-7-11-29(28)22-31;2*1-2/h4-24H,1-2H2,3H3;2*1-2H3. The molecule has 0 aliphatic heterocycles. The molecular weight excluding hydrogens is 516 g/mol. The second kappa shape index (κ2) is 12.9. The zero-order valence-corrected chi connectivity index (χ0v) is 26.0. The van der Waals surface area contributed by atoms with Crippen LogP contribution in [0.3, 0.4) is 0 Å². The van der Waals surface area contributed by atoms with Gasteiger partial charge in [0.25, 0.3) is 0 Å². The van der Waals surface area contributed by atoms with Gasteiger partial charge in [-0.1, -0.05) is 150 Å². The summed E-state index contributed by atoms with van der Waals surface area (Å²) in [7, 11) is 0. The smallest absolute Gasteiger partial charge is 0.00923 e. The molecule has 0 radical (unpaired) electrons. The van der Waals surface area contributed by atoms with Gasteiger partial charge in [-0.2, -0.15) is 0 Å². The van der Waals surface area contributed by atoms with Crippen LogP contribution >= 0.6 is 0 Å². The highest BCUT2D eigenvalue weighted by Gasteiger charge is 2.15. The SMILES string of the molecule is C=Cc1ccc(-c2cc3c4ccccc4c(-c4ccc5ccccc5c4)cc3c3ccc(C)cc23)cc1C=C.CC.CC. The third kappa shape index (κ3) is 5.38. The minimum atomic E-state index is 1.10. The van der Waals surface area contributed by atoms with Crippen LogP contribution in [-0.4, -0.2) is 0 Å². The van der Waals surface area contributed by atoms with Gasteiger partial charge in [0.05, 0.1) is 0 Å². The van der Waals surface area contributed by atoms with Gasteiger partial charge < -0.3 is 0 Å². The average molecular weight is 557 g/mol. The van der Waals surface area contributed by atoms with Crippen molar-refractivity contribution >= 4 is 55.2 Å². The van der Waals surface area contributed by atoms with E-state index in [9.17, 15) is 0 Å². The lowest BCUT2D eigenvalue weighted by molar-refractivity contribution is 1.50. The molecule has 43 heavy (non-hydrogen) atoms. The van der Waals surface area contributed by atoms with E-state index in [1.54, 1.807) is 0 Å². The summed E-state index contributed by atoms with van der Waals surface area (Å²) in [5.41, 5.74) is 8.39. The Hall–Kier alpha value is -4.94. The van der Waals surface area contributed by atoms with E-state index >= 15 is 0 Å². The molecule has 7 aromatic rings. The summed E-state index contributed by atoms with van der Waals surface area (Å²) in [6.45, 7) is 18.2. The largest absolute Gasteiger partial charge is 0.0984 e. The fourth-order valence-corrected chi connectivity index (χ4v) is 6.05. The molecule has 7 aromatic carbocycles. The van der Waals surface area contributed by atoms with Crippen molar-refractivity contribution in [2.24, 2.45) is 0 Å². The van der Waals surface area contributed by atoms with E-state index in [1.807, 2.05) is 39.8 Å². The van der Waals surface area contributed by atoms with E-state index in [0.29, 0.717) is 0 Å². The summed E-state index contributed by atoms with van der Waals surface area (Å²) in [4.78, 5) is 0. The lowest BCUT2D eigenvalue weighted by Gasteiger charge is -2.17. The van der Waals surface area contributed by atoms with Crippen molar-refractivity contribution in [1.29, 1.82) is 0 Å². The first kappa shape index (κ1) is 29.5. The molecule has 0 nitrogen and oxygen atoms in total. The van der Waals surface area contributed by atoms with Gasteiger partial charge in [-0.05, 0) is 108 Å². The monoisotopic (exact) mass is 556 g/mol. The molecule has 0 bridgehead atoms. The molecule has 0 unspecified atom stereocenters. The van der Waals surface area contributed by atoms with Crippen LogP contribution in [0.15, 0.2) is 128 Å². The molecule has 0 heterocycles. The number of hydrogen-bond acceptors (Lipinski definition) is 0. The summed E-state index contributed by atoms with van der Waals surface area (Å²) < 4.78 is 0. The second-order valence-electron chi connectivity index (χ2n) is 10.4. The molecule has 0 saturated heterocycles. The third-order valence-corrected chi connectivity index (χ3v) is 8.03. The Kier molecular flexibility index (Phi) is 8.88. The van der Waals surface area contributed by atoms with E-state index < -0.39 is 0 Å². The molecule has 0 heteroatoms. The van der Waals surface area contributed by atoms with Crippen molar-refractivity contribution in [2.75, 3.05) is 0 Å². The zero-order valence-electron chi connectivity index (χ0n) is 26.0. The first-order chi connectivity index (χ1) is 21.1. The molecule has 0 N–H and O–H groups in total. The van der Waals surface area contributed by atoms with Crippen molar-refractivity contribution in [1.82, 2.24) is 0 Å². The quantitative estimate of drug-likeness (QED) is 0.189. The minimum absolute atomic E-state index is 1.10. The maximum absolute atomic E-state index is 4.05. The lowest BCUT2D eigenvalue weighted by Crippen LogP contribution is -1.91. The minimum Gasteiger partial charge on any atom is -0.0984 e. The molecule has 0 saturated carbocycles. The average Bonchev–Trinajstić information content (AvgIpc) is 3.08. The van der Waals surface area contributed by atoms with Gasteiger partial charge in [0.1, 0.15) is 0 Å². The summed E-state index contributed by atoms with van der Waals surface area (Å²) in [6.07, 6.45) is 3.81. The van der Waals surface area contributed by atoms with Crippen LogP contribution in [0.25, 0.3) is 77.5 Å². The summed E-state index contributed by atoms with van der Waals surface area (Å²) in [5, 5.41) is 10.2. The predicted molar refractivity (Wildman–Crippen MR) is 195 cm³/mol. The van der Waals surface area contributed by atoms with Crippen LogP contribution in [-0.2, 0) is 0 Å². The van der Waals surface area contributed by atoms with Crippen LogP contribution < -0.4 is 0 Å². The Bertz CT molecular complexity index is 2110. The van der Waals surface area contributed by atoms with Gasteiger partial charge in [-0.15, -0.1) is 0 Å². The molecule has 0 amide bonds. The predicted octanol–water partition coefficient (Wildman–Crippen LogP) is 13.3. The Morgan fingerprint density at radius 1 is 0.419 bits per heavy atom. The molecule has 0 spiro atoms. The molecule has 0 aliphatic rings. The van der Waals surface area contributed by atoms with Crippen molar-refractivity contribution < 1.29 is 0 Å². The van der Waals surface area contributed by atoms with Crippen molar-refractivity contribution in [3.8, 4) is 22.3 Å². The van der Waals surface area contributed by atoms with Crippen LogP contribution in [0.4, 0.5) is 0 Å². The maximum atomic E-state index is 4.05. The van der Waals surface area contributed by atoms with Crippen LogP contribution in [0.1, 0.15) is 44.4 Å². The van der Waals surface area contributed by atoms with Gasteiger partial charge in [0.2, 0.25) is 0 Å². The molecule has 212 valence electrons. The van der Waals surface area contributed by atoms with Gasteiger partial charge in [-0.25, -0.2) is 0 Å². The molecule has 0 aliphatic carbocycles. The molecule has 7 rings (SSSR count). The van der Waals surface area contributed by atoms with Crippen LogP contribution in [0.5, 0.6) is 0 Å². The topological polar surface area (TPSA) is 0 Å². The lowest BCUT2D eigenvalue weighted by atomic mass is 9.86. The van der Waals surface area contributed by atoms with Gasteiger partial charge in [-0.3, -0.25) is 0 Å².